The number of phenolic OH excluding ortho intramolecular Hbond substituents is 1. The highest BCUT2D eigenvalue weighted by Crippen LogP contribution is 2.45. The van der Waals surface area contributed by atoms with Gasteiger partial charge in [0.1, 0.15) is 5.75 Å². The number of hydrogen-bond donors (Lipinski definition) is 2. The molecule has 2 aromatic carbocycles. The summed E-state index contributed by atoms with van der Waals surface area (Å²) in [5.74, 6) is 3.10. The molecular formula is C20H22N2O4S2. The number of nitrogens with zero attached hydrogens (tertiary/aromatic N) is 1. The van der Waals surface area contributed by atoms with Gasteiger partial charge in [-0.2, -0.15) is 5.10 Å². The predicted molar refractivity (Wildman–Crippen MR) is 115 cm³/mol. The van der Waals surface area contributed by atoms with Crippen molar-refractivity contribution in [3.8, 4) is 17.2 Å². The number of hydrogen-bond acceptors (Lipinski definition) is 7. The van der Waals surface area contributed by atoms with Crippen molar-refractivity contribution in [1.82, 2.24) is 5.43 Å². The van der Waals surface area contributed by atoms with Crippen LogP contribution < -0.4 is 14.9 Å². The normalized spacial score (nSPS) is 14.3. The van der Waals surface area contributed by atoms with Crippen LogP contribution in [0.1, 0.15) is 22.6 Å². The summed E-state index contributed by atoms with van der Waals surface area (Å²) >= 11 is 3.90. The Morgan fingerprint density at radius 2 is 1.96 bits per heavy atom. The van der Waals surface area contributed by atoms with Gasteiger partial charge in [-0.25, -0.2) is 5.43 Å². The Bertz CT molecular complexity index is 821. The lowest BCUT2D eigenvalue weighted by atomic mass is 10.2. The van der Waals surface area contributed by atoms with Gasteiger partial charge in [0.15, 0.2) is 18.1 Å². The number of carbonyl (C=O) groups is 1. The molecule has 2 N–H and O–H groups in total. The molecular weight excluding hydrogens is 396 g/mol. The molecule has 1 amide bonds. The van der Waals surface area contributed by atoms with Crippen LogP contribution in [-0.2, 0) is 4.79 Å². The lowest BCUT2D eigenvalue weighted by Gasteiger charge is -2.10. The molecule has 0 aliphatic carbocycles. The number of thioether (sulfide) groups is 2. The third kappa shape index (κ3) is 5.84. The summed E-state index contributed by atoms with van der Waals surface area (Å²) in [5.41, 5.74) is 4.39. The van der Waals surface area contributed by atoms with E-state index in [1.807, 2.05) is 54.7 Å². The Labute approximate surface area is 172 Å². The van der Waals surface area contributed by atoms with Crippen molar-refractivity contribution in [3.63, 3.8) is 0 Å². The summed E-state index contributed by atoms with van der Waals surface area (Å²) in [6.45, 7) is 2.16. The number of phenols is 1. The number of aromatic hydroxyl groups is 1. The SMILES string of the molecule is CCOc1cc(/C=N\NC(=O)COc2ccc(C3SCCS3)cc2)ccc1O. The fourth-order valence-electron chi connectivity index (χ4n) is 2.51. The van der Waals surface area contributed by atoms with E-state index in [1.54, 1.807) is 12.1 Å². The number of hydrazone groups is 1. The lowest BCUT2D eigenvalue weighted by Crippen LogP contribution is -2.24. The highest BCUT2D eigenvalue weighted by molar-refractivity contribution is 8.19. The number of ether oxygens (including phenoxy) is 2. The van der Waals surface area contributed by atoms with E-state index in [4.69, 9.17) is 9.47 Å². The van der Waals surface area contributed by atoms with Crippen molar-refractivity contribution in [3.05, 3.63) is 53.6 Å². The Morgan fingerprint density at radius 1 is 1.21 bits per heavy atom. The molecule has 148 valence electrons. The van der Waals surface area contributed by atoms with Gasteiger partial charge in [-0.05, 0) is 48.4 Å². The predicted octanol–water partition coefficient (Wildman–Crippen LogP) is 3.80. The van der Waals surface area contributed by atoms with Crippen LogP contribution in [0.4, 0.5) is 0 Å². The second kappa shape index (κ2) is 10.3. The van der Waals surface area contributed by atoms with E-state index < -0.39 is 0 Å². The van der Waals surface area contributed by atoms with Crippen molar-refractivity contribution in [2.24, 2.45) is 5.10 Å². The van der Waals surface area contributed by atoms with E-state index in [0.29, 0.717) is 28.3 Å². The molecule has 1 aliphatic rings. The summed E-state index contributed by atoms with van der Waals surface area (Å²) in [6.07, 6.45) is 1.48. The third-order valence-electron chi connectivity index (χ3n) is 3.83. The monoisotopic (exact) mass is 418 g/mol. The molecule has 6 nitrogen and oxygen atoms in total. The molecule has 0 radical (unpaired) electrons. The molecule has 1 fully saturated rings. The highest BCUT2D eigenvalue weighted by Gasteiger charge is 2.17. The summed E-state index contributed by atoms with van der Waals surface area (Å²) in [7, 11) is 0. The first-order valence-electron chi connectivity index (χ1n) is 8.89. The average molecular weight is 419 g/mol. The van der Waals surface area contributed by atoms with Crippen molar-refractivity contribution in [2.75, 3.05) is 24.7 Å². The van der Waals surface area contributed by atoms with Crippen LogP contribution in [0.5, 0.6) is 17.2 Å². The second-order valence-electron chi connectivity index (χ2n) is 5.88. The Balaban J connectivity index is 1.45. The van der Waals surface area contributed by atoms with Gasteiger partial charge in [0.2, 0.25) is 0 Å². The summed E-state index contributed by atoms with van der Waals surface area (Å²) in [6, 6.07) is 12.7. The molecule has 0 bridgehead atoms. The third-order valence-corrected chi connectivity index (χ3v) is 6.93. The number of carbonyl (C=O) groups excluding carboxylic acids is 1. The van der Waals surface area contributed by atoms with Crippen LogP contribution >= 0.6 is 23.5 Å². The van der Waals surface area contributed by atoms with E-state index in [2.05, 4.69) is 10.5 Å². The summed E-state index contributed by atoms with van der Waals surface area (Å²) in [4.78, 5) is 11.9. The Kier molecular flexibility index (Phi) is 7.50. The first-order chi connectivity index (χ1) is 13.7. The summed E-state index contributed by atoms with van der Waals surface area (Å²) in [5, 5.41) is 13.6. The molecule has 0 unspecified atom stereocenters. The van der Waals surface area contributed by atoms with Gasteiger partial charge in [0.25, 0.3) is 5.91 Å². The number of amides is 1. The zero-order chi connectivity index (χ0) is 19.8. The van der Waals surface area contributed by atoms with Crippen LogP contribution in [-0.4, -0.2) is 41.9 Å². The molecule has 3 rings (SSSR count). The molecule has 28 heavy (non-hydrogen) atoms. The number of benzene rings is 2. The number of nitrogens with one attached hydrogen (secondary N) is 1. The molecule has 0 atom stereocenters. The van der Waals surface area contributed by atoms with Crippen molar-refractivity contribution in [2.45, 2.75) is 11.5 Å². The fraction of sp³-hybridized carbons (Fsp3) is 0.300. The number of rotatable bonds is 8. The molecule has 0 spiro atoms. The fourth-order valence-corrected chi connectivity index (χ4v) is 5.37. The quantitative estimate of drug-likeness (QED) is 0.501. The van der Waals surface area contributed by atoms with Crippen LogP contribution in [0.3, 0.4) is 0 Å². The van der Waals surface area contributed by atoms with Gasteiger partial charge in [-0.1, -0.05) is 12.1 Å². The molecule has 1 saturated heterocycles. The van der Waals surface area contributed by atoms with Gasteiger partial charge in [0.05, 0.1) is 17.4 Å². The minimum absolute atomic E-state index is 0.0626. The minimum atomic E-state index is -0.356. The first kappa shape index (κ1) is 20.4. The van der Waals surface area contributed by atoms with Crippen molar-refractivity contribution in [1.29, 1.82) is 0 Å². The maximum absolute atomic E-state index is 11.9. The highest BCUT2D eigenvalue weighted by atomic mass is 32.2. The van der Waals surface area contributed by atoms with E-state index in [9.17, 15) is 9.90 Å². The molecule has 0 saturated carbocycles. The van der Waals surface area contributed by atoms with E-state index in [1.165, 1.54) is 29.4 Å². The largest absolute Gasteiger partial charge is 0.504 e. The average Bonchev–Trinajstić information content (AvgIpc) is 3.24. The van der Waals surface area contributed by atoms with Gasteiger partial charge in [0, 0.05) is 11.5 Å². The smallest absolute Gasteiger partial charge is 0.277 e. The van der Waals surface area contributed by atoms with Gasteiger partial charge in [-0.15, -0.1) is 23.5 Å². The zero-order valence-corrected chi connectivity index (χ0v) is 17.1. The maximum atomic E-state index is 11.9. The molecule has 1 aliphatic heterocycles. The lowest BCUT2D eigenvalue weighted by molar-refractivity contribution is -0.123. The van der Waals surface area contributed by atoms with Gasteiger partial charge >= 0.3 is 0 Å². The molecule has 1 heterocycles. The maximum Gasteiger partial charge on any atom is 0.277 e. The summed E-state index contributed by atoms with van der Waals surface area (Å²) < 4.78 is 11.3. The van der Waals surface area contributed by atoms with E-state index >= 15 is 0 Å². The van der Waals surface area contributed by atoms with Crippen LogP contribution in [0.15, 0.2) is 47.6 Å². The zero-order valence-electron chi connectivity index (χ0n) is 15.5. The van der Waals surface area contributed by atoms with E-state index in [0.717, 1.165) is 0 Å². The Hall–Kier alpha value is -2.32. The van der Waals surface area contributed by atoms with Crippen LogP contribution in [0, 0.1) is 0 Å². The topological polar surface area (TPSA) is 80.2 Å². The van der Waals surface area contributed by atoms with Crippen LogP contribution in [0.25, 0.3) is 0 Å². The van der Waals surface area contributed by atoms with Crippen LogP contribution in [0.2, 0.25) is 0 Å². The van der Waals surface area contributed by atoms with Gasteiger partial charge < -0.3 is 14.6 Å². The molecule has 8 heteroatoms. The second-order valence-corrected chi connectivity index (χ2v) is 8.61. The molecule has 0 aromatic heterocycles. The standard InChI is InChI=1S/C20H22N2O4S2/c1-2-25-18-11-14(3-8-17(18)23)12-21-22-19(24)13-26-16-6-4-15(5-7-16)20-27-9-10-28-20/h3-8,11-12,20,23H,2,9-10,13H2,1H3,(H,22,24)/b21-12-. The minimum Gasteiger partial charge on any atom is -0.504 e. The Morgan fingerprint density at radius 3 is 2.68 bits per heavy atom. The van der Waals surface area contributed by atoms with Crippen molar-refractivity contribution < 1.29 is 19.4 Å². The molecule has 2 aromatic rings. The van der Waals surface area contributed by atoms with E-state index in [-0.39, 0.29) is 18.3 Å². The first-order valence-corrected chi connectivity index (χ1v) is 11.0. The van der Waals surface area contributed by atoms with Gasteiger partial charge in [-0.3, -0.25) is 4.79 Å². The van der Waals surface area contributed by atoms with Crippen molar-refractivity contribution >= 4 is 35.6 Å².